The Morgan fingerprint density at radius 3 is 2.95 bits per heavy atom. The van der Waals surface area contributed by atoms with E-state index in [0.29, 0.717) is 18.0 Å². The van der Waals surface area contributed by atoms with Gasteiger partial charge in [0.15, 0.2) is 0 Å². The average Bonchev–Trinajstić information content (AvgIpc) is 2.88. The van der Waals surface area contributed by atoms with Crippen LogP contribution in [0.15, 0.2) is 24.4 Å². The molecule has 2 rings (SSSR count). The van der Waals surface area contributed by atoms with Gasteiger partial charge < -0.3 is 10.5 Å². The second kappa shape index (κ2) is 6.29. The van der Waals surface area contributed by atoms with Gasteiger partial charge in [-0.15, -0.1) is 5.10 Å². The van der Waals surface area contributed by atoms with Gasteiger partial charge in [0.25, 0.3) is 0 Å². The van der Waals surface area contributed by atoms with Gasteiger partial charge in [-0.3, -0.25) is 0 Å². The van der Waals surface area contributed by atoms with Crippen molar-refractivity contribution in [1.82, 2.24) is 15.0 Å². The number of rotatable bonds is 6. The van der Waals surface area contributed by atoms with Crippen LogP contribution in [0.4, 0.5) is 4.39 Å². The van der Waals surface area contributed by atoms with Crippen LogP contribution in [0.1, 0.15) is 18.5 Å². The third-order valence-corrected chi connectivity index (χ3v) is 2.83. The number of aryl methyl sites for hydroxylation is 1. The van der Waals surface area contributed by atoms with Gasteiger partial charge in [-0.1, -0.05) is 5.21 Å². The van der Waals surface area contributed by atoms with Crippen LogP contribution in [0.2, 0.25) is 0 Å². The van der Waals surface area contributed by atoms with Gasteiger partial charge in [-0.25, -0.2) is 9.07 Å². The molecule has 0 aliphatic heterocycles. The summed E-state index contributed by atoms with van der Waals surface area (Å²) in [5.74, 6) is 0.218. The Bertz CT molecular complexity index is 541. The molecule has 0 saturated carbocycles. The fourth-order valence-electron chi connectivity index (χ4n) is 1.78. The zero-order valence-corrected chi connectivity index (χ0v) is 10.8. The van der Waals surface area contributed by atoms with Crippen molar-refractivity contribution in [3.8, 4) is 11.4 Å². The van der Waals surface area contributed by atoms with Crippen molar-refractivity contribution in [3.05, 3.63) is 35.9 Å². The van der Waals surface area contributed by atoms with Crippen LogP contribution >= 0.6 is 0 Å². The third kappa shape index (κ3) is 3.29. The lowest BCUT2D eigenvalue weighted by Crippen LogP contribution is -1.99. The van der Waals surface area contributed by atoms with Crippen LogP contribution in [0.3, 0.4) is 0 Å². The van der Waals surface area contributed by atoms with Crippen molar-refractivity contribution in [2.24, 2.45) is 5.73 Å². The molecule has 19 heavy (non-hydrogen) atoms. The van der Waals surface area contributed by atoms with Crippen LogP contribution in [0.25, 0.3) is 5.69 Å². The summed E-state index contributed by atoms with van der Waals surface area (Å²) in [5.41, 5.74) is 6.60. The number of methoxy groups -OCH3 is 1. The van der Waals surface area contributed by atoms with Crippen LogP contribution in [-0.4, -0.2) is 28.6 Å². The zero-order valence-electron chi connectivity index (χ0n) is 10.8. The normalized spacial score (nSPS) is 10.7. The topological polar surface area (TPSA) is 66.0 Å². The Morgan fingerprint density at radius 2 is 2.21 bits per heavy atom. The highest BCUT2D eigenvalue weighted by atomic mass is 19.1. The van der Waals surface area contributed by atoms with Crippen molar-refractivity contribution in [1.29, 1.82) is 0 Å². The summed E-state index contributed by atoms with van der Waals surface area (Å²) in [6.45, 7) is 0.665. The maximum atomic E-state index is 13.7. The largest absolute Gasteiger partial charge is 0.497 e. The molecular weight excluding hydrogens is 247 g/mol. The number of benzene rings is 1. The number of unbranched alkanes of at least 4 members (excludes halogenated alkanes) is 1. The molecule has 0 unspecified atom stereocenters. The van der Waals surface area contributed by atoms with E-state index in [9.17, 15) is 4.39 Å². The van der Waals surface area contributed by atoms with E-state index in [1.54, 1.807) is 18.3 Å². The van der Waals surface area contributed by atoms with Crippen LogP contribution in [0, 0.1) is 5.82 Å². The van der Waals surface area contributed by atoms with Crippen LogP contribution < -0.4 is 10.5 Å². The van der Waals surface area contributed by atoms with Gasteiger partial charge >= 0.3 is 0 Å². The number of ether oxygens (including phenoxy) is 1. The first kappa shape index (κ1) is 13.5. The predicted octanol–water partition coefficient (Wildman–Crippen LogP) is 1.70. The molecule has 0 saturated heterocycles. The first-order valence-electron chi connectivity index (χ1n) is 6.20. The minimum atomic E-state index is -0.362. The van der Waals surface area contributed by atoms with Crippen molar-refractivity contribution in [2.75, 3.05) is 13.7 Å². The van der Waals surface area contributed by atoms with E-state index in [1.165, 1.54) is 17.9 Å². The molecular formula is C13H17FN4O. The summed E-state index contributed by atoms with van der Waals surface area (Å²) in [4.78, 5) is 0. The Labute approximate surface area is 111 Å². The lowest BCUT2D eigenvalue weighted by atomic mass is 10.2. The third-order valence-electron chi connectivity index (χ3n) is 2.83. The van der Waals surface area contributed by atoms with Crippen molar-refractivity contribution in [3.63, 3.8) is 0 Å². The van der Waals surface area contributed by atoms with E-state index in [1.807, 2.05) is 0 Å². The van der Waals surface area contributed by atoms with E-state index in [-0.39, 0.29) is 5.82 Å². The summed E-state index contributed by atoms with van der Waals surface area (Å²) < 4.78 is 20.2. The highest BCUT2D eigenvalue weighted by Gasteiger charge is 2.09. The molecule has 102 valence electrons. The minimum Gasteiger partial charge on any atom is -0.497 e. The molecule has 2 aromatic rings. The average molecular weight is 264 g/mol. The highest BCUT2D eigenvalue weighted by Crippen LogP contribution is 2.19. The summed E-state index contributed by atoms with van der Waals surface area (Å²) in [5, 5.41) is 7.97. The van der Waals surface area contributed by atoms with Crippen LogP contribution in [0.5, 0.6) is 5.75 Å². The second-order valence-electron chi connectivity index (χ2n) is 4.22. The number of halogens is 1. The van der Waals surface area contributed by atoms with E-state index < -0.39 is 0 Å². The monoisotopic (exact) mass is 264 g/mol. The second-order valence-corrected chi connectivity index (χ2v) is 4.22. The summed E-state index contributed by atoms with van der Waals surface area (Å²) in [6, 6.07) is 4.51. The fraction of sp³-hybridized carbons (Fsp3) is 0.385. The minimum absolute atomic E-state index is 0.330. The SMILES string of the molecule is COc1ccc(F)c(-n2cc(CCCCN)nn2)c1. The number of nitrogens with zero attached hydrogens (tertiary/aromatic N) is 3. The molecule has 2 N–H and O–H groups in total. The molecule has 0 bridgehead atoms. The van der Waals surface area contributed by atoms with Gasteiger partial charge in [0.2, 0.25) is 0 Å². The molecule has 1 aromatic carbocycles. The molecule has 0 amide bonds. The molecule has 0 radical (unpaired) electrons. The Morgan fingerprint density at radius 1 is 1.37 bits per heavy atom. The van der Waals surface area contributed by atoms with Gasteiger partial charge in [0.1, 0.15) is 17.3 Å². The maximum Gasteiger partial charge on any atom is 0.149 e. The van der Waals surface area contributed by atoms with Gasteiger partial charge in [0.05, 0.1) is 19.0 Å². The summed E-state index contributed by atoms with van der Waals surface area (Å²) in [7, 11) is 1.54. The molecule has 6 heteroatoms. The highest BCUT2D eigenvalue weighted by molar-refractivity contribution is 5.40. The summed E-state index contributed by atoms with van der Waals surface area (Å²) >= 11 is 0. The van der Waals surface area contributed by atoms with E-state index in [4.69, 9.17) is 10.5 Å². The molecule has 0 aliphatic carbocycles. The quantitative estimate of drug-likeness (QED) is 0.806. The number of nitrogens with two attached hydrogens (primary N) is 1. The first-order chi connectivity index (χ1) is 9.24. The standard InChI is InChI=1S/C13H17FN4O/c1-19-11-5-6-12(14)13(8-11)18-9-10(16-17-18)4-2-3-7-15/h5-6,8-9H,2-4,7,15H2,1H3. The van der Waals surface area contributed by atoms with E-state index >= 15 is 0 Å². The lowest BCUT2D eigenvalue weighted by Gasteiger charge is -2.04. The smallest absolute Gasteiger partial charge is 0.149 e. The molecule has 0 aliphatic rings. The Balaban J connectivity index is 2.17. The van der Waals surface area contributed by atoms with Crippen molar-refractivity contribution >= 4 is 0 Å². The van der Waals surface area contributed by atoms with E-state index in [0.717, 1.165) is 25.0 Å². The first-order valence-corrected chi connectivity index (χ1v) is 6.20. The molecule has 0 spiro atoms. The van der Waals surface area contributed by atoms with Gasteiger partial charge in [-0.05, 0) is 37.9 Å². The van der Waals surface area contributed by atoms with E-state index in [2.05, 4.69) is 10.3 Å². The number of hydrogen-bond donors (Lipinski definition) is 1. The lowest BCUT2D eigenvalue weighted by molar-refractivity contribution is 0.413. The van der Waals surface area contributed by atoms with Gasteiger partial charge in [-0.2, -0.15) is 0 Å². The summed E-state index contributed by atoms with van der Waals surface area (Å²) in [6.07, 6.45) is 4.42. The van der Waals surface area contributed by atoms with Gasteiger partial charge in [0, 0.05) is 6.07 Å². The number of aromatic nitrogens is 3. The number of hydrogen-bond acceptors (Lipinski definition) is 4. The van der Waals surface area contributed by atoms with Crippen molar-refractivity contribution in [2.45, 2.75) is 19.3 Å². The van der Waals surface area contributed by atoms with Crippen LogP contribution in [-0.2, 0) is 6.42 Å². The fourth-order valence-corrected chi connectivity index (χ4v) is 1.78. The molecule has 5 nitrogen and oxygen atoms in total. The molecule has 0 fully saturated rings. The molecule has 0 atom stereocenters. The maximum absolute atomic E-state index is 13.7. The molecule has 1 aromatic heterocycles. The Kier molecular flexibility index (Phi) is 4.46. The Hall–Kier alpha value is -1.95. The molecule has 1 heterocycles. The van der Waals surface area contributed by atoms with Crippen molar-refractivity contribution < 1.29 is 9.13 Å². The zero-order chi connectivity index (χ0) is 13.7. The predicted molar refractivity (Wildman–Crippen MR) is 69.9 cm³/mol.